The van der Waals surface area contributed by atoms with Gasteiger partial charge in [-0.25, -0.2) is 13.4 Å². The van der Waals surface area contributed by atoms with E-state index in [1.54, 1.807) is 27.1 Å². The molecule has 1 aromatic carbocycles. The van der Waals surface area contributed by atoms with E-state index in [2.05, 4.69) is 57.0 Å². The highest BCUT2D eigenvalue weighted by Gasteiger charge is 2.27. The smallest absolute Gasteiger partial charge is 0.229 e. The van der Waals surface area contributed by atoms with Gasteiger partial charge in [0.2, 0.25) is 20.8 Å². The van der Waals surface area contributed by atoms with E-state index in [4.69, 9.17) is 16.3 Å². The van der Waals surface area contributed by atoms with Crippen LogP contribution in [0.5, 0.6) is 5.75 Å². The first-order valence-corrected chi connectivity index (χ1v) is 15.2. The van der Waals surface area contributed by atoms with Crippen molar-refractivity contribution in [3.8, 4) is 5.75 Å². The molecule has 212 valence electrons. The van der Waals surface area contributed by atoms with Crippen molar-refractivity contribution in [3.63, 3.8) is 0 Å². The van der Waals surface area contributed by atoms with Gasteiger partial charge < -0.3 is 20.7 Å². The van der Waals surface area contributed by atoms with Crippen LogP contribution in [0.1, 0.15) is 64.5 Å². The molecule has 10 nitrogen and oxygen atoms in total. The second-order valence-corrected chi connectivity index (χ2v) is 13.5. The summed E-state index contributed by atoms with van der Waals surface area (Å²) in [5, 5.41) is 13.6. The summed E-state index contributed by atoms with van der Waals surface area (Å²) in [7, 11) is -1.98. The quantitative estimate of drug-likeness (QED) is 0.304. The number of halogens is 1. The van der Waals surface area contributed by atoms with Crippen LogP contribution in [0, 0.1) is 6.92 Å². The largest absolute Gasteiger partial charge is 0.489 e. The number of aryl methyl sites for hydroxylation is 2. The second-order valence-electron chi connectivity index (χ2n) is 10.7. The fourth-order valence-electron chi connectivity index (χ4n) is 4.76. The summed E-state index contributed by atoms with van der Waals surface area (Å²) in [5.74, 6) is 1.73. The van der Waals surface area contributed by atoms with Gasteiger partial charge in [-0.3, -0.25) is 4.68 Å². The van der Waals surface area contributed by atoms with Crippen LogP contribution >= 0.6 is 11.6 Å². The van der Waals surface area contributed by atoms with Crippen LogP contribution in [0.4, 0.5) is 23.1 Å². The SMILES string of the molecule is Cc1cc(Nc2ncc(Cl)c(Nc3cn(C)nc3S(=O)(=O)C(C)C)n2)c(OC(C)C)cc1C1CCNC(C)C1. The number of nitrogens with one attached hydrogen (secondary N) is 3. The zero-order valence-electron chi connectivity index (χ0n) is 23.5. The maximum absolute atomic E-state index is 12.9. The molecule has 1 saturated heterocycles. The summed E-state index contributed by atoms with van der Waals surface area (Å²) in [5.41, 5.74) is 3.49. The fraction of sp³-hybridized carbons (Fsp3) is 0.519. The van der Waals surface area contributed by atoms with Crippen LogP contribution in [0.15, 0.2) is 29.6 Å². The van der Waals surface area contributed by atoms with Gasteiger partial charge in [-0.05, 0) is 90.1 Å². The fourth-order valence-corrected chi connectivity index (χ4v) is 6.00. The third-order valence-electron chi connectivity index (χ3n) is 6.72. The third-order valence-corrected chi connectivity index (χ3v) is 9.08. The molecule has 1 aliphatic heterocycles. The van der Waals surface area contributed by atoms with Crippen molar-refractivity contribution in [3.05, 3.63) is 40.7 Å². The lowest BCUT2D eigenvalue weighted by Crippen LogP contribution is -2.35. The highest BCUT2D eigenvalue weighted by atomic mass is 35.5. The molecule has 2 aromatic heterocycles. The maximum atomic E-state index is 12.9. The van der Waals surface area contributed by atoms with Gasteiger partial charge in [0.05, 0.1) is 28.9 Å². The molecule has 3 aromatic rings. The Labute approximate surface area is 235 Å². The van der Waals surface area contributed by atoms with E-state index in [0.717, 1.165) is 30.8 Å². The number of rotatable bonds is 9. The van der Waals surface area contributed by atoms with Crippen molar-refractivity contribution < 1.29 is 13.2 Å². The van der Waals surface area contributed by atoms with Gasteiger partial charge in [-0.2, -0.15) is 10.1 Å². The Morgan fingerprint density at radius 2 is 1.92 bits per heavy atom. The lowest BCUT2D eigenvalue weighted by atomic mass is 9.84. The predicted octanol–water partition coefficient (Wildman–Crippen LogP) is 5.48. The van der Waals surface area contributed by atoms with Crippen molar-refractivity contribution in [2.24, 2.45) is 7.05 Å². The molecule has 39 heavy (non-hydrogen) atoms. The van der Waals surface area contributed by atoms with Gasteiger partial charge in [-0.15, -0.1) is 0 Å². The molecule has 2 atom stereocenters. The maximum Gasteiger partial charge on any atom is 0.229 e. The van der Waals surface area contributed by atoms with Crippen LogP contribution in [0.2, 0.25) is 5.02 Å². The number of aromatic nitrogens is 4. The Kier molecular flexibility index (Phi) is 8.72. The number of ether oxygens (including phenoxy) is 1. The molecular formula is C27H38ClN7O3S. The minimum absolute atomic E-state index is 0.0247. The van der Waals surface area contributed by atoms with Crippen molar-refractivity contribution in [1.29, 1.82) is 0 Å². The normalized spacial score (nSPS) is 18.0. The molecule has 0 radical (unpaired) electrons. The molecule has 12 heteroatoms. The first-order chi connectivity index (χ1) is 18.3. The monoisotopic (exact) mass is 575 g/mol. The average molecular weight is 576 g/mol. The molecular weight excluding hydrogens is 538 g/mol. The van der Waals surface area contributed by atoms with E-state index in [-0.39, 0.29) is 33.6 Å². The lowest BCUT2D eigenvalue weighted by Gasteiger charge is -2.30. The van der Waals surface area contributed by atoms with Gasteiger partial charge in [0.25, 0.3) is 0 Å². The minimum atomic E-state index is -3.63. The number of hydrogen-bond donors (Lipinski definition) is 3. The third kappa shape index (κ3) is 6.64. The Hall–Kier alpha value is -2.89. The average Bonchev–Trinajstić information content (AvgIpc) is 3.23. The Morgan fingerprint density at radius 3 is 2.59 bits per heavy atom. The van der Waals surface area contributed by atoms with Crippen LogP contribution < -0.4 is 20.7 Å². The zero-order chi connectivity index (χ0) is 28.5. The molecule has 4 rings (SSSR count). The number of hydrogen-bond acceptors (Lipinski definition) is 9. The Bertz CT molecular complexity index is 1440. The van der Waals surface area contributed by atoms with Gasteiger partial charge in [-0.1, -0.05) is 11.6 Å². The van der Waals surface area contributed by atoms with Crippen molar-refractivity contribution >= 4 is 44.6 Å². The van der Waals surface area contributed by atoms with Gasteiger partial charge in [0.15, 0.2) is 5.82 Å². The second kappa shape index (κ2) is 11.7. The summed E-state index contributed by atoms with van der Waals surface area (Å²) >= 11 is 6.41. The molecule has 1 aliphatic rings. The summed E-state index contributed by atoms with van der Waals surface area (Å²) in [6.45, 7) is 12.5. The van der Waals surface area contributed by atoms with Gasteiger partial charge in [0, 0.05) is 19.3 Å². The van der Waals surface area contributed by atoms with Crippen LogP contribution in [-0.4, -0.2) is 52.1 Å². The van der Waals surface area contributed by atoms with Crippen LogP contribution in [0.3, 0.4) is 0 Å². The highest BCUT2D eigenvalue weighted by molar-refractivity contribution is 7.92. The first-order valence-electron chi connectivity index (χ1n) is 13.2. The Morgan fingerprint density at radius 1 is 1.18 bits per heavy atom. The lowest BCUT2D eigenvalue weighted by molar-refractivity contribution is 0.243. The molecule has 0 spiro atoms. The van der Waals surface area contributed by atoms with E-state index in [0.29, 0.717) is 12.0 Å². The van der Waals surface area contributed by atoms with Crippen molar-refractivity contribution in [2.45, 2.75) is 82.7 Å². The van der Waals surface area contributed by atoms with E-state index >= 15 is 0 Å². The number of benzene rings is 1. The Balaban J connectivity index is 1.66. The minimum Gasteiger partial charge on any atom is -0.489 e. The molecule has 0 saturated carbocycles. The summed E-state index contributed by atoms with van der Waals surface area (Å²) < 4.78 is 33.4. The van der Waals surface area contributed by atoms with Crippen molar-refractivity contribution in [2.75, 3.05) is 17.2 Å². The summed E-state index contributed by atoms with van der Waals surface area (Å²) in [4.78, 5) is 8.91. The standard InChI is InChI=1S/C27H38ClN7O3S/c1-15(2)38-24-12-20(19-8-9-29-18(6)11-19)17(5)10-22(24)32-27-30-13-21(28)25(33-27)31-23-14-35(7)34-26(23)39(36,37)16(3)4/h10,12-16,18-19,29H,8-9,11H2,1-7H3,(H2,30,31,32,33). The van der Waals surface area contributed by atoms with Gasteiger partial charge in [0.1, 0.15) is 10.8 Å². The van der Waals surface area contributed by atoms with Crippen LogP contribution in [-0.2, 0) is 16.9 Å². The number of anilines is 4. The molecule has 0 amide bonds. The molecule has 0 bridgehead atoms. The molecule has 1 fully saturated rings. The number of nitrogens with zero attached hydrogens (tertiary/aromatic N) is 4. The summed E-state index contributed by atoms with van der Waals surface area (Å²) in [6, 6.07) is 4.67. The zero-order valence-corrected chi connectivity index (χ0v) is 25.1. The molecule has 0 aliphatic carbocycles. The van der Waals surface area contributed by atoms with Crippen LogP contribution in [0.25, 0.3) is 0 Å². The van der Waals surface area contributed by atoms with E-state index < -0.39 is 15.1 Å². The molecule has 2 unspecified atom stereocenters. The number of piperidine rings is 1. The van der Waals surface area contributed by atoms with E-state index in [1.807, 2.05) is 13.8 Å². The first kappa shape index (κ1) is 29.1. The van der Waals surface area contributed by atoms with Crippen molar-refractivity contribution in [1.82, 2.24) is 25.1 Å². The summed E-state index contributed by atoms with van der Waals surface area (Å²) in [6.07, 6.45) is 5.18. The van der Waals surface area contributed by atoms with E-state index in [1.165, 1.54) is 22.0 Å². The number of sulfone groups is 1. The van der Waals surface area contributed by atoms with E-state index in [9.17, 15) is 8.42 Å². The highest BCUT2D eigenvalue weighted by Crippen LogP contribution is 2.38. The van der Waals surface area contributed by atoms with Gasteiger partial charge >= 0.3 is 0 Å². The molecule has 3 N–H and O–H groups in total. The topological polar surface area (TPSA) is 123 Å². The molecule has 3 heterocycles. The predicted molar refractivity (Wildman–Crippen MR) is 156 cm³/mol.